The third kappa shape index (κ3) is 3.55. The van der Waals surface area contributed by atoms with Crippen molar-refractivity contribution in [3.05, 3.63) is 66.4 Å². The van der Waals surface area contributed by atoms with Crippen molar-refractivity contribution < 1.29 is 8.42 Å². The minimum absolute atomic E-state index is 0.0679. The molecular weight excluding hydrogens is 378 g/mol. The Morgan fingerprint density at radius 2 is 1.93 bits per heavy atom. The first-order valence-corrected chi connectivity index (χ1v) is 9.99. The summed E-state index contributed by atoms with van der Waals surface area (Å²) in [6, 6.07) is 15.4. The molecule has 4 rings (SSSR count). The average molecular weight is 395 g/mol. The van der Waals surface area contributed by atoms with Gasteiger partial charge >= 0.3 is 0 Å². The van der Waals surface area contributed by atoms with Crippen LogP contribution in [0.5, 0.6) is 0 Å². The van der Waals surface area contributed by atoms with Crippen molar-refractivity contribution >= 4 is 21.5 Å². The summed E-state index contributed by atoms with van der Waals surface area (Å²) in [6.45, 7) is 1.90. The number of nitrogens with zero attached hydrogens (tertiary/aromatic N) is 5. The Bertz CT molecular complexity index is 1240. The minimum atomic E-state index is -3.76. The minimum Gasteiger partial charge on any atom is -0.362 e. The van der Waals surface area contributed by atoms with Gasteiger partial charge in [-0.1, -0.05) is 18.2 Å². The Hall–Kier alpha value is -3.37. The molecular formula is C18H17N7O2S. The summed E-state index contributed by atoms with van der Waals surface area (Å²) >= 11 is 0. The summed E-state index contributed by atoms with van der Waals surface area (Å²) < 4.78 is 24.8. The van der Waals surface area contributed by atoms with E-state index >= 15 is 0 Å². The highest BCUT2D eigenvalue weighted by atomic mass is 32.2. The van der Waals surface area contributed by atoms with E-state index in [0.29, 0.717) is 23.0 Å². The number of benzene rings is 1. The van der Waals surface area contributed by atoms with Gasteiger partial charge < -0.3 is 5.32 Å². The lowest BCUT2D eigenvalue weighted by atomic mass is 10.1. The van der Waals surface area contributed by atoms with Gasteiger partial charge in [0, 0.05) is 6.20 Å². The molecule has 0 aliphatic carbocycles. The monoisotopic (exact) mass is 395 g/mol. The maximum atomic E-state index is 11.6. The van der Waals surface area contributed by atoms with Crippen LogP contribution in [0.4, 0.5) is 5.82 Å². The molecule has 0 aliphatic heterocycles. The number of primary sulfonamides is 1. The zero-order chi connectivity index (χ0) is 19.7. The molecule has 1 aromatic carbocycles. The van der Waals surface area contributed by atoms with Crippen LogP contribution in [0.15, 0.2) is 65.7 Å². The van der Waals surface area contributed by atoms with E-state index in [-0.39, 0.29) is 10.9 Å². The number of fused-ring (bicyclic) bond motifs is 1. The third-order valence-corrected chi connectivity index (χ3v) is 5.12. The third-order valence-electron chi connectivity index (χ3n) is 4.21. The molecule has 3 heterocycles. The van der Waals surface area contributed by atoms with Gasteiger partial charge in [0.2, 0.25) is 15.8 Å². The fraction of sp³-hybridized carbons (Fsp3) is 0.111. The molecule has 28 heavy (non-hydrogen) atoms. The summed E-state index contributed by atoms with van der Waals surface area (Å²) in [5.41, 5.74) is 2.02. The Kier molecular flexibility index (Phi) is 4.49. The molecule has 3 aromatic heterocycles. The van der Waals surface area contributed by atoms with Crippen LogP contribution in [0.3, 0.4) is 0 Å². The van der Waals surface area contributed by atoms with E-state index in [0.717, 1.165) is 5.56 Å². The lowest BCUT2D eigenvalue weighted by Crippen LogP contribution is -2.14. The highest BCUT2D eigenvalue weighted by Crippen LogP contribution is 2.21. The van der Waals surface area contributed by atoms with Gasteiger partial charge in [-0.25, -0.2) is 13.6 Å². The number of hydrogen-bond acceptors (Lipinski definition) is 7. The van der Waals surface area contributed by atoms with Gasteiger partial charge in [-0.3, -0.25) is 4.98 Å². The SMILES string of the molecule is CC(Nc1ccc2nnc(-c3ccccn3)n2n1)c1cccc(S(N)(=O)=O)c1. The number of nitrogens with one attached hydrogen (secondary N) is 1. The molecule has 0 radical (unpaired) electrons. The molecule has 0 amide bonds. The number of aromatic nitrogens is 5. The molecule has 1 unspecified atom stereocenters. The van der Waals surface area contributed by atoms with E-state index in [4.69, 9.17) is 5.14 Å². The maximum Gasteiger partial charge on any atom is 0.238 e. The normalized spacial score (nSPS) is 12.8. The van der Waals surface area contributed by atoms with Gasteiger partial charge in [0.05, 0.1) is 10.9 Å². The van der Waals surface area contributed by atoms with Gasteiger partial charge in [-0.15, -0.1) is 15.3 Å². The molecule has 9 nitrogen and oxygen atoms in total. The van der Waals surface area contributed by atoms with Crippen LogP contribution in [0.1, 0.15) is 18.5 Å². The van der Waals surface area contributed by atoms with Gasteiger partial charge in [-0.2, -0.15) is 4.52 Å². The number of rotatable bonds is 5. The van der Waals surface area contributed by atoms with Crippen molar-refractivity contribution in [1.82, 2.24) is 24.8 Å². The molecule has 0 bridgehead atoms. The molecule has 1 atom stereocenters. The molecule has 142 valence electrons. The van der Waals surface area contributed by atoms with Crippen LogP contribution in [-0.4, -0.2) is 33.2 Å². The van der Waals surface area contributed by atoms with Crippen molar-refractivity contribution in [2.24, 2.45) is 5.14 Å². The van der Waals surface area contributed by atoms with Gasteiger partial charge in [0.25, 0.3) is 0 Å². The Labute approximate surface area is 161 Å². The van der Waals surface area contributed by atoms with E-state index in [1.54, 1.807) is 35.0 Å². The van der Waals surface area contributed by atoms with E-state index in [1.165, 1.54) is 6.07 Å². The van der Waals surface area contributed by atoms with Crippen molar-refractivity contribution in [2.75, 3.05) is 5.32 Å². The number of hydrogen-bond donors (Lipinski definition) is 2. The number of anilines is 1. The van der Waals surface area contributed by atoms with Gasteiger partial charge in [-0.05, 0) is 48.9 Å². The van der Waals surface area contributed by atoms with Gasteiger partial charge in [0.1, 0.15) is 11.5 Å². The lowest BCUT2D eigenvalue weighted by Gasteiger charge is -2.15. The number of nitrogens with two attached hydrogens (primary N) is 1. The van der Waals surface area contributed by atoms with Gasteiger partial charge in [0.15, 0.2) is 5.65 Å². The quantitative estimate of drug-likeness (QED) is 0.529. The second kappa shape index (κ2) is 6.98. The molecule has 10 heteroatoms. The van der Waals surface area contributed by atoms with Crippen molar-refractivity contribution in [3.8, 4) is 11.5 Å². The van der Waals surface area contributed by atoms with Crippen LogP contribution in [0.2, 0.25) is 0 Å². The van der Waals surface area contributed by atoms with Crippen molar-refractivity contribution in [1.29, 1.82) is 0 Å². The second-order valence-electron chi connectivity index (χ2n) is 6.21. The highest BCUT2D eigenvalue weighted by Gasteiger charge is 2.14. The summed E-state index contributed by atoms with van der Waals surface area (Å²) in [5.74, 6) is 1.11. The first-order chi connectivity index (χ1) is 13.4. The topological polar surface area (TPSA) is 128 Å². The molecule has 0 fully saturated rings. The predicted octanol–water partition coefficient (Wildman–Crippen LogP) is 2.01. The van der Waals surface area contributed by atoms with Crippen LogP contribution in [0.25, 0.3) is 17.2 Å². The van der Waals surface area contributed by atoms with Crippen molar-refractivity contribution in [3.63, 3.8) is 0 Å². The Morgan fingerprint density at radius 1 is 1.07 bits per heavy atom. The zero-order valence-corrected chi connectivity index (χ0v) is 15.7. The summed E-state index contributed by atoms with van der Waals surface area (Å²) in [6.07, 6.45) is 1.68. The fourth-order valence-corrected chi connectivity index (χ4v) is 3.36. The Balaban J connectivity index is 1.65. The van der Waals surface area contributed by atoms with Crippen molar-refractivity contribution in [2.45, 2.75) is 17.9 Å². The summed E-state index contributed by atoms with van der Waals surface area (Å²) in [5, 5.41) is 21.3. The second-order valence-corrected chi connectivity index (χ2v) is 7.77. The standard InChI is InChI=1S/C18H17N7O2S/c1-12(13-5-4-6-14(11-13)28(19,26)27)21-16-8-9-17-22-23-18(25(17)24-16)15-7-2-3-10-20-15/h2-12H,1H3,(H,21,24)(H2,19,26,27). The molecule has 0 saturated heterocycles. The van der Waals surface area contributed by atoms with E-state index in [9.17, 15) is 8.42 Å². The summed E-state index contributed by atoms with van der Waals surface area (Å²) in [7, 11) is -3.76. The first kappa shape index (κ1) is 18.0. The van der Waals surface area contributed by atoms with Crippen LogP contribution < -0.4 is 10.5 Å². The molecule has 0 spiro atoms. The number of pyridine rings is 1. The van der Waals surface area contributed by atoms with Crippen LogP contribution in [0, 0.1) is 0 Å². The average Bonchev–Trinajstić information content (AvgIpc) is 3.11. The maximum absolute atomic E-state index is 11.6. The molecule has 0 saturated carbocycles. The largest absolute Gasteiger partial charge is 0.362 e. The fourth-order valence-electron chi connectivity index (χ4n) is 2.79. The molecule has 4 aromatic rings. The van der Waals surface area contributed by atoms with E-state index in [1.807, 2.05) is 31.2 Å². The number of sulfonamides is 1. The van der Waals surface area contributed by atoms with Crippen LogP contribution in [-0.2, 0) is 10.0 Å². The first-order valence-electron chi connectivity index (χ1n) is 8.45. The van der Waals surface area contributed by atoms with E-state index < -0.39 is 10.0 Å². The smallest absolute Gasteiger partial charge is 0.238 e. The van der Waals surface area contributed by atoms with Crippen LogP contribution >= 0.6 is 0 Å². The predicted molar refractivity (Wildman–Crippen MR) is 104 cm³/mol. The highest BCUT2D eigenvalue weighted by molar-refractivity contribution is 7.89. The Morgan fingerprint density at radius 3 is 2.68 bits per heavy atom. The lowest BCUT2D eigenvalue weighted by molar-refractivity contribution is 0.597. The summed E-state index contributed by atoms with van der Waals surface area (Å²) in [4.78, 5) is 4.36. The molecule has 0 aliphatic rings. The molecule has 3 N–H and O–H groups in total. The van der Waals surface area contributed by atoms with E-state index in [2.05, 4.69) is 25.6 Å². The zero-order valence-electron chi connectivity index (χ0n) is 14.9.